The van der Waals surface area contributed by atoms with Gasteiger partial charge >= 0.3 is 0 Å². The van der Waals surface area contributed by atoms with Crippen molar-refractivity contribution in [3.05, 3.63) is 53.6 Å². The number of aliphatic hydroxyl groups is 1. The number of benzene rings is 2. The summed E-state index contributed by atoms with van der Waals surface area (Å²) in [7, 11) is 0. The highest BCUT2D eigenvalue weighted by Gasteiger charge is 2.08. The van der Waals surface area contributed by atoms with E-state index < -0.39 is 0 Å². The second kappa shape index (κ2) is 6.58. The average molecular weight is 270 g/mol. The second-order valence-electron chi connectivity index (χ2n) is 5.28. The van der Waals surface area contributed by atoms with E-state index in [1.807, 2.05) is 6.07 Å². The molecule has 0 aromatic heterocycles. The fourth-order valence-electron chi connectivity index (χ4n) is 2.41. The van der Waals surface area contributed by atoms with Crippen LogP contribution in [0.1, 0.15) is 24.5 Å². The third-order valence-electron chi connectivity index (χ3n) is 3.37. The van der Waals surface area contributed by atoms with Crippen LogP contribution in [0.25, 0.3) is 11.1 Å². The predicted octanol–water partition coefficient (Wildman–Crippen LogP) is 4.12. The molecule has 2 nitrogen and oxygen atoms in total. The van der Waals surface area contributed by atoms with Crippen molar-refractivity contribution >= 4 is 0 Å². The summed E-state index contributed by atoms with van der Waals surface area (Å²) in [4.78, 5) is 0. The highest BCUT2D eigenvalue weighted by atomic mass is 16.5. The summed E-state index contributed by atoms with van der Waals surface area (Å²) < 4.78 is 5.71. The topological polar surface area (TPSA) is 29.5 Å². The molecule has 0 aliphatic rings. The molecule has 0 radical (unpaired) electrons. The molecule has 0 heterocycles. The molecule has 2 rings (SSSR count). The lowest BCUT2D eigenvalue weighted by Gasteiger charge is -2.14. The number of aliphatic hydroxyl groups excluding tert-OH is 1. The Morgan fingerprint density at radius 1 is 1.05 bits per heavy atom. The first kappa shape index (κ1) is 14.6. The minimum absolute atomic E-state index is 0.319. The van der Waals surface area contributed by atoms with E-state index in [1.165, 1.54) is 22.3 Å². The average Bonchev–Trinajstić information content (AvgIpc) is 2.38. The Morgan fingerprint density at radius 2 is 1.65 bits per heavy atom. The zero-order chi connectivity index (χ0) is 14.5. The van der Waals surface area contributed by atoms with Crippen molar-refractivity contribution in [2.24, 2.45) is 0 Å². The quantitative estimate of drug-likeness (QED) is 0.885. The van der Waals surface area contributed by atoms with Gasteiger partial charge < -0.3 is 9.84 Å². The first-order valence-corrected chi connectivity index (χ1v) is 7.05. The van der Waals surface area contributed by atoms with Crippen LogP contribution in [0.4, 0.5) is 0 Å². The molecule has 0 aliphatic heterocycles. The molecule has 1 N–H and O–H groups in total. The van der Waals surface area contributed by atoms with Gasteiger partial charge in [0.05, 0.1) is 12.7 Å². The van der Waals surface area contributed by atoms with Gasteiger partial charge in [0.15, 0.2) is 0 Å². The van der Waals surface area contributed by atoms with E-state index in [9.17, 15) is 5.11 Å². The fraction of sp³-hybridized carbons (Fsp3) is 0.333. The van der Waals surface area contributed by atoms with Gasteiger partial charge in [-0.1, -0.05) is 30.3 Å². The van der Waals surface area contributed by atoms with Crippen molar-refractivity contribution in [2.75, 3.05) is 6.61 Å². The van der Waals surface area contributed by atoms with Crippen molar-refractivity contribution in [2.45, 2.75) is 33.3 Å². The summed E-state index contributed by atoms with van der Waals surface area (Å²) in [6, 6.07) is 14.5. The first-order valence-electron chi connectivity index (χ1n) is 7.05. The lowest BCUT2D eigenvalue weighted by molar-refractivity contribution is 0.155. The van der Waals surface area contributed by atoms with Gasteiger partial charge in [-0.2, -0.15) is 0 Å². The molecule has 106 valence electrons. The van der Waals surface area contributed by atoms with Gasteiger partial charge in [-0.25, -0.2) is 0 Å². The summed E-state index contributed by atoms with van der Waals surface area (Å²) in [6.07, 6.45) is 0.333. The molecule has 0 aliphatic carbocycles. The van der Waals surface area contributed by atoms with Crippen molar-refractivity contribution in [1.29, 1.82) is 0 Å². The Bertz CT molecular complexity index is 536. The van der Waals surface area contributed by atoms with Crippen LogP contribution < -0.4 is 4.74 Å². The Hall–Kier alpha value is -1.80. The maximum atomic E-state index is 9.25. The molecule has 20 heavy (non-hydrogen) atoms. The molecule has 0 saturated carbocycles. The SMILES string of the molecule is Cc1cc(OCC[C@@H](C)O)cc(C)c1-c1ccccc1. The van der Waals surface area contributed by atoms with Gasteiger partial charge in [0, 0.05) is 6.42 Å². The molecule has 0 unspecified atom stereocenters. The van der Waals surface area contributed by atoms with E-state index >= 15 is 0 Å². The zero-order valence-corrected chi connectivity index (χ0v) is 12.4. The van der Waals surface area contributed by atoms with Crippen LogP contribution >= 0.6 is 0 Å². The number of ether oxygens (including phenoxy) is 1. The van der Waals surface area contributed by atoms with Gasteiger partial charge in [-0.3, -0.25) is 0 Å². The minimum atomic E-state index is -0.319. The third kappa shape index (κ3) is 3.61. The van der Waals surface area contributed by atoms with Crippen LogP contribution in [-0.4, -0.2) is 17.8 Å². The van der Waals surface area contributed by atoms with Crippen LogP contribution in [0, 0.1) is 13.8 Å². The lowest BCUT2D eigenvalue weighted by atomic mass is 9.95. The second-order valence-corrected chi connectivity index (χ2v) is 5.28. The van der Waals surface area contributed by atoms with E-state index in [0.717, 1.165) is 5.75 Å². The molecule has 0 spiro atoms. The molecular formula is C18H22O2. The molecule has 2 aromatic carbocycles. The monoisotopic (exact) mass is 270 g/mol. The number of hydrogen-bond acceptors (Lipinski definition) is 2. The summed E-state index contributed by atoms with van der Waals surface area (Å²) in [5.74, 6) is 0.875. The summed E-state index contributed by atoms with van der Waals surface area (Å²) in [5, 5.41) is 9.25. The molecule has 2 aromatic rings. The Balaban J connectivity index is 2.21. The van der Waals surface area contributed by atoms with Gasteiger partial charge in [0.2, 0.25) is 0 Å². The molecule has 1 atom stereocenters. The van der Waals surface area contributed by atoms with E-state index in [2.05, 4.69) is 50.2 Å². The van der Waals surface area contributed by atoms with E-state index in [1.54, 1.807) is 6.92 Å². The normalized spacial score (nSPS) is 12.2. The largest absolute Gasteiger partial charge is 0.493 e. The van der Waals surface area contributed by atoms with Gasteiger partial charge in [0.25, 0.3) is 0 Å². The highest BCUT2D eigenvalue weighted by Crippen LogP contribution is 2.30. The number of rotatable bonds is 5. The minimum Gasteiger partial charge on any atom is -0.493 e. The molecule has 0 saturated heterocycles. The Morgan fingerprint density at radius 3 is 2.20 bits per heavy atom. The summed E-state index contributed by atoms with van der Waals surface area (Å²) in [5.41, 5.74) is 4.93. The van der Waals surface area contributed by atoms with Crippen LogP contribution in [0.3, 0.4) is 0 Å². The van der Waals surface area contributed by atoms with Gasteiger partial charge in [0.1, 0.15) is 5.75 Å². The van der Waals surface area contributed by atoms with Crippen LogP contribution in [0.5, 0.6) is 5.75 Å². The smallest absolute Gasteiger partial charge is 0.119 e. The van der Waals surface area contributed by atoms with E-state index in [4.69, 9.17) is 4.74 Å². The standard InChI is InChI=1S/C18H22O2/c1-13-11-17(20-10-9-15(3)19)12-14(2)18(13)16-7-5-4-6-8-16/h4-8,11-12,15,19H,9-10H2,1-3H3/t15-/m1/s1. The van der Waals surface area contributed by atoms with E-state index in [-0.39, 0.29) is 6.10 Å². The van der Waals surface area contributed by atoms with Crippen LogP contribution in [0.15, 0.2) is 42.5 Å². The van der Waals surface area contributed by atoms with Crippen molar-refractivity contribution < 1.29 is 9.84 Å². The van der Waals surface area contributed by atoms with E-state index in [0.29, 0.717) is 13.0 Å². The van der Waals surface area contributed by atoms with Gasteiger partial charge in [-0.05, 0) is 55.2 Å². The summed E-state index contributed by atoms with van der Waals surface area (Å²) >= 11 is 0. The maximum Gasteiger partial charge on any atom is 0.119 e. The molecule has 0 amide bonds. The summed E-state index contributed by atoms with van der Waals surface area (Å²) in [6.45, 7) is 6.54. The Kier molecular flexibility index (Phi) is 4.80. The van der Waals surface area contributed by atoms with Gasteiger partial charge in [-0.15, -0.1) is 0 Å². The zero-order valence-electron chi connectivity index (χ0n) is 12.4. The van der Waals surface area contributed by atoms with Crippen molar-refractivity contribution in [1.82, 2.24) is 0 Å². The lowest BCUT2D eigenvalue weighted by Crippen LogP contribution is -2.07. The molecule has 0 bridgehead atoms. The maximum absolute atomic E-state index is 9.25. The fourth-order valence-corrected chi connectivity index (χ4v) is 2.41. The van der Waals surface area contributed by atoms with Crippen LogP contribution in [0.2, 0.25) is 0 Å². The molecule has 2 heteroatoms. The Labute approximate surface area is 121 Å². The van der Waals surface area contributed by atoms with Crippen molar-refractivity contribution in [3.63, 3.8) is 0 Å². The highest BCUT2D eigenvalue weighted by molar-refractivity contribution is 5.71. The third-order valence-corrected chi connectivity index (χ3v) is 3.37. The predicted molar refractivity (Wildman–Crippen MR) is 83.1 cm³/mol. The van der Waals surface area contributed by atoms with Crippen LogP contribution in [-0.2, 0) is 0 Å². The number of hydrogen-bond donors (Lipinski definition) is 1. The number of aryl methyl sites for hydroxylation is 2. The molecule has 0 fully saturated rings. The first-order chi connectivity index (χ1) is 9.58. The molecular weight excluding hydrogens is 248 g/mol. The van der Waals surface area contributed by atoms with Crippen molar-refractivity contribution in [3.8, 4) is 16.9 Å².